The Hall–Kier alpha value is -2.44. The van der Waals surface area contributed by atoms with Crippen LogP contribution in [0.1, 0.15) is 53.5 Å². The number of hydrogen-bond acceptors (Lipinski definition) is 10. The molecular formula is C28H44N2O8S2. The van der Waals surface area contributed by atoms with Crippen LogP contribution in [0.4, 0.5) is 0 Å². The summed E-state index contributed by atoms with van der Waals surface area (Å²) in [6.45, 7) is 11.6. The topological polar surface area (TPSA) is 129 Å². The van der Waals surface area contributed by atoms with Crippen molar-refractivity contribution in [2.24, 2.45) is 10.8 Å². The molecule has 0 radical (unpaired) electrons. The van der Waals surface area contributed by atoms with Crippen molar-refractivity contribution in [1.29, 1.82) is 0 Å². The molecule has 0 fully saturated rings. The van der Waals surface area contributed by atoms with Crippen LogP contribution in [-0.4, -0.2) is 74.8 Å². The van der Waals surface area contributed by atoms with E-state index in [0.29, 0.717) is 0 Å². The van der Waals surface area contributed by atoms with E-state index in [1.54, 1.807) is 7.11 Å². The Labute approximate surface area is 245 Å². The molecule has 0 bridgehead atoms. The number of benzene rings is 1. The third-order valence-electron chi connectivity index (χ3n) is 5.47. The lowest BCUT2D eigenvalue weighted by Crippen LogP contribution is -2.51. The molecule has 0 unspecified atom stereocenters. The van der Waals surface area contributed by atoms with Crippen molar-refractivity contribution in [3.63, 3.8) is 0 Å². The van der Waals surface area contributed by atoms with Gasteiger partial charge in [-0.3, -0.25) is 9.59 Å². The second kappa shape index (κ2) is 16.7. The van der Waals surface area contributed by atoms with E-state index >= 15 is 0 Å². The van der Waals surface area contributed by atoms with Gasteiger partial charge in [-0.25, -0.2) is 9.59 Å². The number of esters is 2. The van der Waals surface area contributed by atoms with E-state index in [1.807, 2.05) is 65.8 Å². The minimum absolute atomic E-state index is 0.169. The van der Waals surface area contributed by atoms with Crippen LogP contribution in [0, 0.1) is 10.8 Å². The highest BCUT2D eigenvalue weighted by Gasteiger charge is 2.35. The minimum Gasteiger partial charge on any atom is -0.497 e. The lowest BCUT2D eigenvalue weighted by molar-refractivity contribution is -0.149. The van der Waals surface area contributed by atoms with E-state index < -0.39 is 41.4 Å². The fraction of sp³-hybridized carbons (Fsp3) is 0.643. The largest absolute Gasteiger partial charge is 0.497 e. The van der Waals surface area contributed by atoms with E-state index in [1.165, 1.54) is 35.8 Å². The van der Waals surface area contributed by atoms with Crippen LogP contribution in [0.3, 0.4) is 0 Å². The lowest BCUT2D eigenvalue weighted by Gasteiger charge is -2.31. The van der Waals surface area contributed by atoms with E-state index in [4.69, 9.17) is 18.9 Å². The second-order valence-electron chi connectivity index (χ2n) is 11.4. The number of ether oxygens (including phenoxy) is 4. The van der Waals surface area contributed by atoms with Gasteiger partial charge in [-0.1, -0.05) is 75.3 Å². The zero-order chi connectivity index (χ0) is 30.5. The summed E-state index contributed by atoms with van der Waals surface area (Å²) in [7, 11) is 6.63. The molecule has 2 N–H and O–H groups in total. The monoisotopic (exact) mass is 600 g/mol. The smallest absolute Gasteiger partial charge is 0.329 e. The van der Waals surface area contributed by atoms with Gasteiger partial charge in [-0.2, -0.15) is 0 Å². The van der Waals surface area contributed by atoms with Crippen molar-refractivity contribution in [1.82, 2.24) is 10.6 Å². The molecule has 1 aromatic rings. The quantitative estimate of drug-likeness (QED) is 0.174. The Balaban J connectivity index is 2.79. The number of carbonyl (C=O) groups excluding carboxylic acids is 4. The Morgan fingerprint density at radius 2 is 1.30 bits per heavy atom. The lowest BCUT2D eigenvalue weighted by atomic mass is 9.88. The molecule has 0 saturated carbocycles. The first-order valence-electron chi connectivity index (χ1n) is 12.9. The summed E-state index contributed by atoms with van der Waals surface area (Å²) < 4.78 is 20.9. The molecule has 2 amide bonds. The number of hydrogen-bond donors (Lipinski definition) is 2. The summed E-state index contributed by atoms with van der Waals surface area (Å²) in [5, 5.41) is 5.47. The van der Waals surface area contributed by atoms with Gasteiger partial charge in [0.1, 0.15) is 23.9 Å². The summed E-state index contributed by atoms with van der Waals surface area (Å²) in [6, 6.07) is 5.54. The summed E-state index contributed by atoms with van der Waals surface area (Å²) in [4.78, 5) is 50.3. The summed E-state index contributed by atoms with van der Waals surface area (Å²) in [5.74, 6) is -0.759. The molecule has 0 heterocycles. The van der Waals surface area contributed by atoms with E-state index in [0.717, 1.165) is 11.3 Å². The van der Waals surface area contributed by atoms with Crippen molar-refractivity contribution in [3.8, 4) is 5.75 Å². The second-order valence-corrected chi connectivity index (χ2v) is 14.0. The van der Waals surface area contributed by atoms with Crippen molar-refractivity contribution in [2.45, 2.75) is 72.8 Å². The van der Waals surface area contributed by atoms with Crippen LogP contribution < -0.4 is 15.4 Å². The van der Waals surface area contributed by atoms with Gasteiger partial charge in [0, 0.05) is 17.9 Å². The number of rotatable bonds is 15. The molecule has 0 aliphatic carbocycles. The van der Waals surface area contributed by atoms with Crippen molar-refractivity contribution < 1.29 is 38.1 Å². The molecule has 0 aliphatic rings. The van der Waals surface area contributed by atoms with E-state index in [2.05, 4.69) is 10.6 Å². The number of carbonyl (C=O) groups is 4. The van der Waals surface area contributed by atoms with E-state index in [-0.39, 0.29) is 35.9 Å². The molecule has 0 aromatic heterocycles. The first-order valence-corrected chi connectivity index (χ1v) is 15.3. The average molecular weight is 601 g/mol. The Morgan fingerprint density at radius 3 is 1.73 bits per heavy atom. The highest BCUT2D eigenvalue weighted by Crippen LogP contribution is 2.27. The fourth-order valence-corrected chi connectivity index (χ4v) is 5.75. The van der Waals surface area contributed by atoms with Crippen LogP contribution in [0.5, 0.6) is 5.75 Å². The van der Waals surface area contributed by atoms with Crippen LogP contribution in [0.25, 0.3) is 0 Å². The minimum atomic E-state index is -0.948. The van der Waals surface area contributed by atoms with Crippen molar-refractivity contribution >= 4 is 45.3 Å². The Morgan fingerprint density at radius 1 is 0.800 bits per heavy atom. The number of methoxy groups -OCH3 is 3. The SMILES string of the molecule is COC(=O)[C@H](CSSC[C@H](NC(=O)[C@@H](OCc1ccc(OC)cc1)C(C)(C)C)C(=O)OC)NC(=O)CC(C)(C)C. The predicted molar refractivity (Wildman–Crippen MR) is 158 cm³/mol. The summed E-state index contributed by atoms with van der Waals surface area (Å²) >= 11 is 0. The van der Waals surface area contributed by atoms with Gasteiger partial charge in [0.2, 0.25) is 11.8 Å². The van der Waals surface area contributed by atoms with Gasteiger partial charge in [0.15, 0.2) is 0 Å². The Bertz CT molecular complexity index is 974. The third kappa shape index (κ3) is 13.3. The first kappa shape index (κ1) is 35.6. The molecule has 0 saturated heterocycles. The molecular weight excluding hydrogens is 556 g/mol. The first-order chi connectivity index (χ1) is 18.6. The average Bonchev–Trinajstić information content (AvgIpc) is 2.87. The van der Waals surface area contributed by atoms with Crippen molar-refractivity contribution in [2.75, 3.05) is 32.8 Å². The van der Waals surface area contributed by atoms with Gasteiger partial charge in [-0.15, -0.1) is 0 Å². The maximum atomic E-state index is 13.3. The molecule has 0 aliphatic heterocycles. The van der Waals surface area contributed by atoms with Gasteiger partial charge in [0.05, 0.1) is 27.9 Å². The summed E-state index contributed by atoms with van der Waals surface area (Å²) in [5.41, 5.74) is 0.0778. The summed E-state index contributed by atoms with van der Waals surface area (Å²) in [6.07, 6.45) is -0.592. The van der Waals surface area contributed by atoms with Crippen LogP contribution >= 0.6 is 21.6 Å². The third-order valence-corrected chi connectivity index (χ3v) is 7.89. The molecule has 12 heteroatoms. The fourth-order valence-electron chi connectivity index (χ4n) is 3.45. The van der Waals surface area contributed by atoms with Crippen molar-refractivity contribution in [3.05, 3.63) is 29.8 Å². The maximum absolute atomic E-state index is 13.3. The zero-order valence-electron chi connectivity index (χ0n) is 25.0. The van der Waals surface area contributed by atoms with Gasteiger partial charge >= 0.3 is 11.9 Å². The van der Waals surface area contributed by atoms with Gasteiger partial charge in [-0.05, 0) is 28.5 Å². The van der Waals surface area contributed by atoms with Crippen LogP contribution in [0.2, 0.25) is 0 Å². The molecule has 0 spiro atoms. The van der Waals surface area contributed by atoms with E-state index in [9.17, 15) is 19.2 Å². The standard InChI is InChI=1S/C28H44N2O8S2/c1-27(2,3)14-22(31)29-20(25(33)36-8)16-39-40-17-21(26(34)37-9)30-24(32)23(28(4,5)6)38-15-18-10-12-19(35-7)13-11-18/h10-13,20-21,23H,14-17H2,1-9H3,(H,29,31)(H,30,32)/t20-,21-,23+/m0/s1. The highest BCUT2D eigenvalue weighted by atomic mass is 33.1. The molecule has 40 heavy (non-hydrogen) atoms. The van der Waals surface area contributed by atoms with Crippen LogP contribution in [-0.2, 0) is 40.0 Å². The highest BCUT2D eigenvalue weighted by molar-refractivity contribution is 8.76. The molecule has 226 valence electrons. The number of nitrogens with one attached hydrogen (secondary N) is 2. The van der Waals surface area contributed by atoms with Gasteiger partial charge < -0.3 is 29.6 Å². The molecule has 1 aromatic carbocycles. The zero-order valence-corrected chi connectivity index (χ0v) is 26.6. The molecule has 1 rings (SSSR count). The van der Waals surface area contributed by atoms with Crippen LogP contribution in [0.15, 0.2) is 24.3 Å². The number of amides is 2. The van der Waals surface area contributed by atoms with Gasteiger partial charge in [0.25, 0.3) is 0 Å². The predicted octanol–water partition coefficient (Wildman–Crippen LogP) is 3.76. The molecule has 3 atom stereocenters. The molecule has 10 nitrogen and oxygen atoms in total. The Kier molecular flexibility index (Phi) is 14.9. The normalized spacial score (nSPS) is 13.9. The maximum Gasteiger partial charge on any atom is 0.329 e.